The zero-order valence-corrected chi connectivity index (χ0v) is 13.4. The largest absolute Gasteiger partial charge is 0.315 e. The van der Waals surface area contributed by atoms with Gasteiger partial charge in [0.1, 0.15) is 0 Å². The van der Waals surface area contributed by atoms with Crippen molar-refractivity contribution in [1.82, 2.24) is 14.8 Å². The topological polar surface area (TPSA) is 37.3 Å². The number of nitrogens with zero attached hydrogens (tertiary/aromatic N) is 2. The average Bonchev–Trinajstić information content (AvgIpc) is 2.99. The average molecular weight is 314 g/mol. The molecule has 1 N–H and O–H groups in total. The summed E-state index contributed by atoms with van der Waals surface area (Å²) in [5.74, 6) is 0. The molecular weight excluding hydrogens is 294 g/mol. The van der Waals surface area contributed by atoms with Gasteiger partial charge in [-0.05, 0) is 37.7 Å². The Balaban J connectivity index is 0.00000147. The zero-order chi connectivity index (χ0) is 13.4. The number of hydrogen-bond donors (Lipinski definition) is 1. The first kappa shape index (κ1) is 15.5. The first-order valence-electron chi connectivity index (χ1n) is 6.64. The molecule has 1 aliphatic heterocycles. The fourth-order valence-electron chi connectivity index (χ4n) is 2.71. The highest BCUT2D eigenvalue weighted by Crippen LogP contribution is 2.20. The van der Waals surface area contributed by atoms with Crippen LogP contribution in [0.3, 0.4) is 0 Å². The molecule has 3 rings (SSSR count). The van der Waals surface area contributed by atoms with Crippen LogP contribution in [0.25, 0.3) is 10.2 Å². The molecule has 1 aromatic heterocycles. The number of aromatic nitrogens is 1. The molecule has 2 aromatic rings. The normalized spacial score (nSPS) is 18.6. The number of nitrogens with one attached hydrogen (secondary N) is 1. The molecule has 0 amide bonds. The van der Waals surface area contributed by atoms with E-state index < -0.39 is 0 Å². The molecule has 0 bridgehead atoms. The summed E-state index contributed by atoms with van der Waals surface area (Å²) in [4.78, 5) is 14.2. The van der Waals surface area contributed by atoms with Crippen molar-refractivity contribution in [2.45, 2.75) is 19.0 Å². The minimum Gasteiger partial charge on any atom is -0.315 e. The van der Waals surface area contributed by atoms with Crippen LogP contribution in [0.4, 0.5) is 0 Å². The van der Waals surface area contributed by atoms with Crippen LogP contribution in [-0.4, -0.2) is 35.6 Å². The number of likely N-dealkylation sites (N-methyl/N-ethyl adjacent to an activating group) is 1. The van der Waals surface area contributed by atoms with E-state index in [9.17, 15) is 4.79 Å². The molecule has 0 spiro atoms. The van der Waals surface area contributed by atoms with Crippen molar-refractivity contribution in [3.05, 3.63) is 33.4 Å². The lowest BCUT2D eigenvalue weighted by Gasteiger charge is -2.23. The molecule has 1 aromatic carbocycles. The van der Waals surface area contributed by atoms with Gasteiger partial charge in [0.05, 0.1) is 10.2 Å². The van der Waals surface area contributed by atoms with Gasteiger partial charge in [0.2, 0.25) is 0 Å². The van der Waals surface area contributed by atoms with Crippen molar-refractivity contribution < 1.29 is 0 Å². The zero-order valence-electron chi connectivity index (χ0n) is 11.8. The summed E-state index contributed by atoms with van der Waals surface area (Å²) >= 11 is 1.33. The van der Waals surface area contributed by atoms with Crippen molar-refractivity contribution in [3.63, 3.8) is 0 Å². The number of fused-ring (bicyclic) bond motifs is 1. The van der Waals surface area contributed by atoms with Crippen LogP contribution >= 0.6 is 23.7 Å². The summed E-state index contributed by atoms with van der Waals surface area (Å²) < 4.78 is 2.80. The second kappa shape index (κ2) is 6.26. The van der Waals surface area contributed by atoms with E-state index in [1.54, 1.807) is 4.57 Å². The Bertz CT molecular complexity index is 645. The van der Waals surface area contributed by atoms with Crippen molar-refractivity contribution >= 4 is 34.0 Å². The van der Waals surface area contributed by atoms with Gasteiger partial charge < -0.3 is 9.88 Å². The molecule has 0 radical (unpaired) electrons. The summed E-state index contributed by atoms with van der Waals surface area (Å²) in [5, 5.41) is 3.40. The Morgan fingerprint density at radius 1 is 1.50 bits per heavy atom. The predicted molar refractivity (Wildman–Crippen MR) is 87.1 cm³/mol. The third-order valence-electron chi connectivity index (χ3n) is 3.95. The van der Waals surface area contributed by atoms with E-state index in [1.807, 2.05) is 7.05 Å². The summed E-state index contributed by atoms with van der Waals surface area (Å²) in [7, 11) is 4.01. The van der Waals surface area contributed by atoms with Crippen LogP contribution in [0, 0.1) is 0 Å². The molecular formula is C14H20ClN3OS. The van der Waals surface area contributed by atoms with Crippen LogP contribution < -0.4 is 10.2 Å². The molecule has 1 saturated heterocycles. The maximum atomic E-state index is 11.6. The highest BCUT2D eigenvalue weighted by molar-refractivity contribution is 7.16. The number of aryl methyl sites for hydroxylation is 1. The third kappa shape index (κ3) is 2.91. The maximum Gasteiger partial charge on any atom is 0.307 e. The summed E-state index contributed by atoms with van der Waals surface area (Å²) in [5.41, 5.74) is 2.31. The lowest BCUT2D eigenvalue weighted by molar-refractivity contribution is 0.249. The van der Waals surface area contributed by atoms with E-state index in [0.29, 0.717) is 6.04 Å². The van der Waals surface area contributed by atoms with Crippen molar-refractivity contribution in [2.24, 2.45) is 7.05 Å². The lowest BCUT2D eigenvalue weighted by Crippen LogP contribution is -2.32. The molecule has 20 heavy (non-hydrogen) atoms. The van der Waals surface area contributed by atoms with Gasteiger partial charge in [-0.1, -0.05) is 17.4 Å². The molecule has 6 heteroatoms. The van der Waals surface area contributed by atoms with E-state index in [-0.39, 0.29) is 17.3 Å². The number of benzene rings is 1. The smallest absolute Gasteiger partial charge is 0.307 e. The summed E-state index contributed by atoms with van der Waals surface area (Å²) in [6.45, 7) is 3.14. The second-order valence-electron chi connectivity index (χ2n) is 5.29. The third-order valence-corrected chi connectivity index (χ3v) is 4.94. The molecule has 1 atom stereocenters. The SMILES string of the molecule is CN(Cc1ccc2c(c1)sc(=O)n2C)C1CCNC1.Cl. The molecule has 1 aliphatic rings. The Morgan fingerprint density at radius 2 is 2.30 bits per heavy atom. The molecule has 1 unspecified atom stereocenters. The van der Waals surface area contributed by atoms with Gasteiger partial charge in [-0.2, -0.15) is 0 Å². The fourth-order valence-corrected chi connectivity index (χ4v) is 3.65. The van der Waals surface area contributed by atoms with Gasteiger partial charge in [0, 0.05) is 26.2 Å². The van der Waals surface area contributed by atoms with E-state index in [2.05, 4.69) is 35.5 Å². The van der Waals surface area contributed by atoms with E-state index in [1.165, 1.54) is 23.3 Å². The molecule has 0 aliphatic carbocycles. The molecule has 2 heterocycles. The minimum atomic E-state index is 0. The number of hydrogen-bond acceptors (Lipinski definition) is 4. The standard InChI is InChI=1S/C14H19N3OS.ClH/c1-16(11-5-6-15-8-11)9-10-3-4-12-13(7-10)19-14(18)17(12)2;/h3-4,7,11,15H,5-6,8-9H2,1-2H3;1H. The van der Waals surface area contributed by atoms with Gasteiger partial charge in [-0.3, -0.25) is 9.69 Å². The van der Waals surface area contributed by atoms with Gasteiger partial charge in [0.25, 0.3) is 0 Å². The van der Waals surface area contributed by atoms with Crippen LogP contribution in [0.2, 0.25) is 0 Å². The molecule has 4 nitrogen and oxygen atoms in total. The monoisotopic (exact) mass is 313 g/mol. The van der Waals surface area contributed by atoms with Gasteiger partial charge in [-0.25, -0.2) is 0 Å². The minimum absolute atomic E-state index is 0. The lowest BCUT2D eigenvalue weighted by atomic mass is 10.1. The van der Waals surface area contributed by atoms with Crippen LogP contribution in [0.15, 0.2) is 23.0 Å². The fraction of sp³-hybridized carbons (Fsp3) is 0.500. The maximum absolute atomic E-state index is 11.6. The molecule has 110 valence electrons. The van der Waals surface area contributed by atoms with E-state index in [0.717, 1.165) is 29.9 Å². The van der Waals surface area contributed by atoms with Gasteiger partial charge in [0.15, 0.2) is 0 Å². The highest BCUT2D eigenvalue weighted by Gasteiger charge is 2.19. The van der Waals surface area contributed by atoms with Crippen LogP contribution in [0.5, 0.6) is 0 Å². The highest BCUT2D eigenvalue weighted by atomic mass is 35.5. The van der Waals surface area contributed by atoms with Crippen molar-refractivity contribution in [1.29, 1.82) is 0 Å². The first-order valence-corrected chi connectivity index (χ1v) is 7.46. The number of halogens is 1. The second-order valence-corrected chi connectivity index (χ2v) is 6.28. The molecule has 0 saturated carbocycles. The van der Waals surface area contributed by atoms with Gasteiger partial charge in [-0.15, -0.1) is 12.4 Å². The van der Waals surface area contributed by atoms with E-state index in [4.69, 9.17) is 0 Å². The van der Waals surface area contributed by atoms with Crippen molar-refractivity contribution in [3.8, 4) is 0 Å². The summed E-state index contributed by atoms with van der Waals surface area (Å²) in [6, 6.07) is 6.97. The Morgan fingerprint density at radius 3 is 3.00 bits per heavy atom. The van der Waals surface area contributed by atoms with Gasteiger partial charge >= 0.3 is 4.87 Å². The Hall–Kier alpha value is -0.880. The first-order chi connectivity index (χ1) is 9.15. The van der Waals surface area contributed by atoms with Crippen LogP contribution in [-0.2, 0) is 13.6 Å². The van der Waals surface area contributed by atoms with E-state index >= 15 is 0 Å². The van der Waals surface area contributed by atoms with Crippen LogP contribution in [0.1, 0.15) is 12.0 Å². The summed E-state index contributed by atoms with van der Waals surface area (Å²) in [6.07, 6.45) is 1.22. The quantitative estimate of drug-likeness (QED) is 0.939. The Kier molecular flexibility index (Phi) is 4.86. The molecule has 1 fully saturated rings. The number of rotatable bonds is 3. The predicted octanol–water partition coefficient (Wildman–Crippen LogP) is 1.82. The Labute approximate surface area is 128 Å². The number of thiazole rings is 1. The van der Waals surface area contributed by atoms with Crippen molar-refractivity contribution in [2.75, 3.05) is 20.1 Å².